The predicted octanol–water partition coefficient (Wildman–Crippen LogP) is 4.36. The number of benzene rings is 2. The molecule has 0 N–H and O–H groups in total. The SMILES string of the molecule is Cc1ccc(C)c(OCc2nnc(SCC(=O)N3CCN(Cc4cccc(Cl)c4)CC3)o2)c1. The van der Waals surface area contributed by atoms with E-state index in [1.54, 1.807) is 0 Å². The molecule has 1 fully saturated rings. The van der Waals surface area contributed by atoms with Crippen molar-refractivity contribution in [2.45, 2.75) is 32.2 Å². The fraction of sp³-hybridized carbons (Fsp3) is 0.375. The summed E-state index contributed by atoms with van der Waals surface area (Å²) in [6.07, 6.45) is 0. The maximum Gasteiger partial charge on any atom is 0.277 e. The van der Waals surface area contributed by atoms with Gasteiger partial charge in [0.15, 0.2) is 6.61 Å². The maximum absolute atomic E-state index is 12.6. The number of rotatable bonds is 8. The minimum atomic E-state index is 0.0776. The summed E-state index contributed by atoms with van der Waals surface area (Å²) < 4.78 is 11.4. The number of nitrogens with zero attached hydrogens (tertiary/aromatic N) is 4. The van der Waals surface area contributed by atoms with Crippen LogP contribution in [0.4, 0.5) is 0 Å². The Morgan fingerprint density at radius 3 is 2.73 bits per heavy atom. The molecule has 4 rings (SSSR count). The number of thioether (sulfide) groups is 1. The summed E-state index contributed by atoms with van der Waals surface area (Å²) in [5.74, 6) is 1.54. The Morgan fingerprint density at radius 2 is 1.94 bits per heavy atom. The van der Waals surface area contributed by atoms with Gasteiger partial charge in [0, 0.05) is 37.7 Å². The van der Waals surface area contributed by atoms with Crippen LogP contribution in [-0.4, -0.2) is 57.8 Å². The number of amides is 1. The van der Waals surface area contributed by atoms with E-state index in [0.29, 0.717) is 24.2 Å². The zero-order chi connectivity index (χ0) is 23.2. The van der Waals surface area contributed by atoms with E-state index in [1.807, 2.05) is 55.1 Å². The van der Waals surface area contributed by atoms with Gasteiger partial charge in [0.25, 0.3) is 11.1 Å². The molecule has 1 aliphatic heterocycles. The van der Waals surface area contributed by atoms with Crippen molar-refractivity contribution in [3.63, 3.8) is 0 Å². The number of piperazine rings is 1. The van der Waals surface area contributed by atoms with Gasteiger partial charge in [-0.3, -0.25) is 9.69 Å². The molecule has 1 aliphatic rings. The molecule has 0 saturated carbocycles. The molecule has 0 aliphatic carbocycles. The Morgan fingerprint density at radius 1 is 1.12 bits per heavy atom. The first-order valence-electron chi connectivity index (χ1n) is 10.9. The van der Waals surface area contributed by atoms with Crippen LogP contribution in [-0.2, 0) is 17.9 Å². The Balaban J connectivity index is 1.19. The first-order chi connectivity index (χ1) is 16.0. The Labute approximate surface area is 203 Å². The number of carbonyl (C=O) groups is 1. The summed E-state index contributed by atoms with van der Waals surface area (Å²) in [5, 5.41) is 9.18. The molecule has 174 valence electrons. The standard InChI is InChI=1S/C24H27ClN4O3S/c1-17-6-7-18(2)21(12-17)31-15-22-26-27-24(32-22)33-16-23(30)29-10-8-28(9-11-29)14-19-4-3-5-20(25)13-19/h3-7,12-13H,8-11,14-16H2,1-2H3. The topological polar surface area (TPSA) is 71.7 Å². The normalized spacial score (nSPS) is 14.5. The summed E-state index contributed by atoms with van der Waals surface area (Å²) in [6, 6.07) is 13.9. The second-order valence-corrected chi connectivity index (χ2v) is 9.46. The number of hydrogen-bond donors (Lipinski definition) is 0. The Hall–Kier alpha value is -2.55. The van der Waals surface area contributed by atoms with Crippen molar-refractivity contribution in [2.24, 2.45) is 0 Å². The smallest absolute Gasteiger partial charge is 0.277 e. The first kappa shape index (κ1) is 23.6. The molecule has 1 saturated heterocycles. The van der Waals surface area contributed by atoms with Gasteiger partial charge < -0.3 is 14.1 Å². The van der Waals surface area contributed by atoms with Crippen molar-refractivity contribution in [3.05, 3.63) is 70.1 Å². The Kier molecular flexibility index (Phi) is 7.90. The number of aromatic nitrogens is 2. The number of hydrogen-bond acceptors (Lipinski definition) is 7. The van der Waals surface area contributed by atoms with Gasteiger partial charge in [0.05, 0.1) is 5.75 Å². The van der Waals surface area contributed by atoms with E-state index in [0.717, 1.165) is 41.5 Å². The minimum absolute atomic E-state index is 0.0776. The lowest BCUT2D eigenvalue weighted by atomic mass is 10.1. The van der Waals surface area contributed by atoms with Crippen molar-refractivity contribution in [1.82, 2.24) is 20.0 Å². The molecule has 0 atom stereocenters. The summed E-state index contributed by atoms with van der Waals surface area (Å²) in [5.41, 5.74) is 3.36. The highest BCUT2D eigenvalue weighted by Crippen LogP contribution is 2.22. The van der Waals surface area contributed by atoms with E-state index in [1.165, 1.54) is 17.3 Å². The van der Waals surface area contributed by atoms with Crippen LogP contribution in [0.15, 0.2) is 52.1 Å². The van der Waals surface area contributed by atoms with E-state index >= 15 is 0 Å². The molecular formula is C24H27ClN4O3S. The molecule has 0 spiro atoms. The average molecular weight is 487 g/mol. The van der Waals surface area contributed by atoms with Crippen LogP contribution in [0, 0.1) is 13.8 Å². The molecule has 1 aromatic heterocycles. The number of aryl methyl sites for hydroxylation is 2. The third-order valence-corrected chi connectivity index (χ3v) is 6.52. The van der Waals surface area contributed by atoms with E-state index in [9.17, 15) is 4.79 Å². The van der Waals surface area contributed by atoms with Crippen molar-refractivity contribution in [2.75, 3.05) is 31.9 Å². The highest BCUT2D eigenvalue weighted by molar-refractivity contribution is 7.99. The number of ether oxygens (including phenoxy) is 1. The van der Waals surface area contributed by atoms with Gasteiger partial charge in [-0.15, -0.1) is 10.2 Å². The van der Waals surface area contributed by atoms with Crippen LogP contribution < -0.4 is 4.74 Å². The quantitative estimate of drug-likeness (QED) is 0.438. The molecule has 9 heteroatoms. The van der Waals surface area contributed by atoms with Gasteiger partial charge in [-0.25, -0.2) is 0 Å². The second-order valence-electron chi connectivity index (χ2n) is 8.09. The number of halogens is 1. The van der Waals surface area contributed by atoms with Gasteiger partial charge in [0.2, 0.25) is 5.91 Å². The van der Waals surface area contributed by atoms with Gasteiger partial charge >= 0.3 is 0 Å². The van der Waals surface area contributed by atoms with Crippen LogP contribution in [0.2, 0.25) is 5.02 Å². The van der Waals surface area contributed by atoms with Crippen molar-refractivity contribution in [1.29, 1.82) is 0 Å². The molecule has 3 aromatic rings. The lowest BCUT2D eigenvalue weighted by molar-refractivity contribution is -0.130. The molecule has 7 nitrogen and oxygen atoms in total. The zero-order valence-corrected chi connectivity index (χ0v) is 20.4. The Bertz CT molecular complexity index is 1100. The van der Waals surface area contributed by atoms with Crippen molar-refractivity contribution >= 4 is 29.3 Å². The highest BCUT2D eigenvalue weighted by Gasteiger charge is 2.22. The average Bonchev–Trinajstić information content (AvgIpc) is 3.26. The van der Waals surface area contributed by atoms with Crippen molar-refractivity contribution in [3.8, 4) is 5.75 Å². The monoisotopic (exact) mass is 486 g/mol. The maximum atomic E-state index is 12.6. The van der Waals surface area contributed by atoms with Gasteiger partial charge in [-0.2, -0.15) is 0 Å². The van der Waals surface area contributed by atoms with E-state index in [2.05, 4.69) is 21.2 Å². The summed E-state index contributed by atoms with van der Waals surface area (Å²) in [7, 11) is 0. The van der Waals surface area contributed by atoms with Crippen LogP contribution in [0.3, 0.4) is 0 Å². The molecule has 0 unspecified atom stereocenters. The van der Waals surface area contributed by atoms with E-state index in [4.69, 9.17) is 20.8 Å². The molecule has 0 bridgehead atoms. The predicted molar refractivity (Wildman–Crippen MR) is 129 cm³/mol. The second kappa shape index (κ2) is 11.0. The lowest BCUT2D eigenvalue weighted by Gasteiger charge is -2.34. The zero-order valence-electron chi connectivity index (χ0n) is 18.8. The lowest BCUT2D eigenvalue weighted by Crippen LogP contribution is -2.48. The first-order valence-corrected chi connectivity index (χ1v) is 12.2. The molecule has 1 amide bonds. The molecular weight excluding hydrogens is 460 g/mol. The molecule has 33 heavy (non-hydrogen) atoms. The van der Waals surface area contributed by atoms with Crippen LogP contribution in [0.25, 0.3) is 0 Å². The fourth-order valence-corrected chi connectivity index (χ4v) is 4.52. The largest absolute Gasteiger partial charge is 0.484 e. The van der Waals surface area contributed by atoms with Crippen LogP contribution >= 0.6 is 23.4 Å². The third-order valence-electron chi connectivity index (χ3n) is 5.48. The van der Waals surface area contributed by atoms with Gasteiger partial charge in [-0.05, 0) is 48.7 Å². The van der Waals surface area contributed by atoms with E-state index in [-0.39, 0.29) is 18.3 Å². The summed E-state index contributed by atoms with van der Waals surface area (Å²) in [4.78, 5) is 16.8. The third kappa shape index (κ3) is 6.72. The van der Waals surface area contributed by atoms with Crippen molar-refractivity contribution < 1.29 is 13.9 Å². The fourth-order valence-electron chi connectivity index (χ4n) is 3.62. The van der Waals surface area contributed by atoms with E-state index < -0.39 is 0 Å². The minimum Gasteiger partial charge on any atom is -0.484 e. The van der Waals surface area contributed by atoms with Gasteiger partial charge in [-0.1, -0.05) is 47.6 Å². The van der Waals surface area contributed by atoms with Gasteiger partial charge in [0.1, 0.15) is 5.75 Å². The molecule has 2 heterocycles. The summed E-state index contributed by atoms with van der Waals surface area (Å²) in [6.45, 7) is 8.13. The van der Waals surface area contributed by atoms with Crippen LogP contribution in [0.5, 0.6) is 5.75 Å². The molecule has 0 radical (unpaired) electrons. The van der Waals surface area contributed by atoms with Crippen LogP contribution in [0.1, 0.15) is 22.6 Å². The number of carbonyl (C=O) groups excluding carboxylic acids is 1. The summed E-state index contributed by atoms with van der Waals surface area (Å²) >= 11 is 7.33. The molecule has 2 aromatic carbocycles. The highest BCUT2D eigenvalue weighted by atomic mass is 35.5.